The second kappa shape index (κ2) is 10.4. The van der Waals surface area contributed by atoms with E-state index in [2.05, 4.69) is 38.3 Å². The minimum atomic E-state index is -0.325. The number of carbonyl (C=O) groups is 2. The Hall–Kier alpha value is -1.18. The van der Waals surface area contributed by atoms with Gasteiger partial charge in [-0.2, -0.15) is 0 Å². The molecule has 8 fully saturated rings. The van der Waals surface area contributed by atoms with Crippen LogP contribution in [0.25, 0.3) is 0 Å². The number of likely N-dealkylation sites (tertiary alicyclic amines) is 1. The van der Waals surface area contributed by atoms with Gasteiger partial charge in [0.25, 0.3) is 0 Å². The largest absolute Gasteiger partial charge is 0.353 e. The molecule has 4 saturated heterocycles. The predicted octanol–water partition coefficient (Wildman–Crippen LogP) is 4.99. The lowest BCUT2D eigenvalue weighted by Gasteiger charge is -2.61. The molecule has 43 heavy (non-hydrogen) atoms. The van der Waals surface area contributed by atoms with E-state index in [0.29, 0.717) is 52.4 Å². The van der Waals surface area contributed by atoms with Crippen molar-refractivity contribution in [1.29, 1.82) is 0 Å². The molecule has 7 nitrogen and oxygen atoms in total. The summed E-state index contributed by atoms with van der Waals surface area (Å²) >= 11 is 0. The van der Waals surface area contributed by atoms with Gasteiger partial charge in [-0.25, -0.2) is 0 Å². The summed E-state index contributed by atoms with van der Waals surface area (Å²) in [7, 11) is 0. The number of nitrogens with zero attached hydrogens (tertiary/aromatic N) is 1. The van der Waals surface area contributed by atoms with Crippen LogP contribution in [0.3, 0.4) is 0 Å². The predicted molar refractivity (Wildman–Crippen MR) is 165 cm³/mol. The quantitative estimate of drug-likeness (QED) is 0.450. The van der Waals surface area contributed by atoms with Crippen LogP contribution in [0.4, 0.5) is 0 Å². The highest BCUT2D eigenvalue weighted by molar-refractivity contribution is 5.97. The average Bonchev–Trinajstić information content (AvgIpc) is 3.71. The molecule has 8 aliphatic rings. The van der Waals surface area contributed by atoms with Crippen LogP contribution in [-0.4, -0.2) is 67.4 Å². The van der Waals surface area contributed by atoms with E-state index in [1.165, 1.54) is 44.9 Å². The Bertz CT molecular complexity index is 1110. The van der Waals surface area contributed by atoms with Crippen molar-refractivity contribution < 1.29 is 19.1 Å². The lowest BCUT2D eigenvalue weighted by atomic mass is 9.44. The Kier molecular flexibility index (Phi) is 7.08. The van der Waals surface area contributed by atoms with Gasteiger partial charge in [0.15, 0.2) is 5.79 Å². The van der Waals surface area contributed by atoms with E-state index in [0.717, 1.165) is 69.8 Å². The van der Waals surface area contributed by atoms with Gasteiger partial charge in [-0.3, -0.25) is 9.59 Å². The van der Waals surface area contributed by atoms with Crippen molar-refractivity contribution in [1.82, 2.24) is 15.5 Å². The van der Waals surface area contributed by atoms with Crippen molar-refractivity contribution in [3.63, 3.8) is 0 Å². The summed E-state index contributed by atoms with van der Waals surface area (Å²) < 4.78 is 13.5. The van der Waals surface area contributed by atoms with Crippen molar-refractivity contribution in [2.45, 2.75) is 116 Å². The third-order valence-electron chi connectivity index (χ3n) is 15.4. The summed E-state index contributed by atoms with van der Waals surface area (Å²) in [6.07, 6.45) is 12.6. The van der Waals surface area contributed by atoms with Gasteiger partial charge in [0.2, 0.25) is 11.8 Å². The number of carbonyl (C=O) groups excluding carboxylic acids is 2. The molecule has 1 spiro atoms. The van der Waals surface area contributed by atoms with Gasteiger partial charge in [0.1, 0.15) is 6.42 Å². The third-order valence-corrected chi connectivity index (χ3v) is 15.4. The first-order valence-corrected chi connectivity index (χ1v) is 18.2. The molecular weight excluding hydrogens is 538 g/mol. The lowest BCUT2D eigenvalue weighted by Crippen LogP contribution is -2.56. The molecule has 0 bridgehead atoms. The molecule has 14 atom stereocenters. The fraction of sp³-hybridized carbons (Fsp3) is 0.944. The summed E-state index contributed by atoms with van der Waals surface area (Å²) in [5.41, 5.74) is 0.739. The Morgan fingerprint density at radius 1 is 0.907 bits per heavy atom. The molecule has 240 valence electrons. The molecule has 2 unspecified atom stereocenters. The number of hydrogen-bond acceptors (Lipinski definition) is 5. The maximum absolute atomic E-state index is 13.0. The highest BCUT2D eigenvalue weighted by Crippen LogP contribution is 2.71. The molecule has 0 aromatic carbocycles. The molecule has 0 aromatic heterocycles. The van der Waals surface area contributed by atoms with Crippen molar-refractivity contribution in [2.24, 2.45) is 64.1 Å². The fourth-order valence-electron chi connectivity index (χ4n) is 13.0. The van der Waals surface area contributed by atoms with Crippen LogP contribution in [0.1, 0.15) is 98.3 Å². The number of ether oxygens (including phenoxy) is 2. The van der Waals surface area contributed by atoms with E-state index in [1.54, 1.807) is 0 Å². The molecule has 7 heteroatoms. The second-order valence-electron chi connectivity index (χ2n) is 17.4. The third kappa shape index (κ3) is 4.51. The average molecular weight is 596 g/mol. The van der Waals surface area contributed by atoms with Gasteiger partial charge in [0, 0.05) is 44.6 Å². The maximum Gasteiger partial charge on any atom is 0.232 e. The number of amides is 2. The summed E-state index contributed by atoms with van der Waals surface area (Å²) in [5, 5.41) is 6.75. The van der Waals surface area contributed by atoms with Gasteiger partial charge in [0.05, 0.1) is 12.7 Å². The van der Waals surface area contributed by atoms with Gasteiger partial charge in [-0.05, 0) is 116 Å². The SMILES string of the molecule is C[C@@H]1CC[C@@]2(OC1)O[C@H]1C[C@H]3[C@@H]4CC[C@H]5C[C@H](NC(=O)CC(=O)N6CC7CNCC7C6)CC[C@]5(C)[C@H]4CC[C@]3(C)[C@H]1[C@@H]2C. The van der Waals surface area contributed by atoms with E-state index in [9.17, 15) is 9.59 Å². The maximum atomic E-state index is 13.0. The van der Waals surface area contributed by atoms with Crippen LogP contribution in [-0.2, 0) is 19.1 Å². The van der Waals surface area contributed by atoms with Crippen molar-refractivity contribution in [3.8, 4) is 0 Å². The van der Waals surface area contributed by atoms with Crippen LogP contribution in [0.2, 0.25) is 0 Å². The minimum Gasteiger partial charge on any atom is -0.353 e. The molecule has 4 heterocycles. The first kappa shape index (κ1) is 29.2. The lowest BCUT2D eigenvalue weighted by molar-refractivity contribution is -0.273. The number of rotatable bonds is 3. The number of nitrogens with one attached hydrogen (secondary N) is 2. The molecule has 2 N–H and O–H groups in total. The van der Waals surface area contributed by atoms with E-state index < -0.39 is 0 Å². The highest BCUT2D eigenvalue weighted by atomic mass is 16.7. The standard InChI is InChI=1S/C36H57N3O4/c1-21-7-12-36(42-20-21)22(2)33-30(43-36)14-29-27-6-5-25-13-26(8-10-34(25,3)28(27)9-11-35(29,33)4)38-31(40)15-32(41)39-18-23-16-37-17-24(23)19-39/h21-30,33,37H,5-20H2,1-4H3,(H,38,40)/t21-,22+,23?,24?,25+,26-,27-,28+,29+,30+,33+,34+,35+,36-/m1/s1. The van der Waals surface area contributed by atoms with Crippen LogP contribution >= 0.6 is 0 Å². The molecule has 8 rings (SSSR count). The number of hydrogen-bond donors (Lipinski definition) is 2. The summed E-state index contributed by atoms with van der Waals surface area (Å²) in [6, 6.07) is 0.223. The van der Waals surface area contributed by atoms with Gasteiger partial charge in [-0.1, -0.05) is 27.7 Å². The molecule has 4 aliphatic heterocycles. The molecule has 4 saturated carbocycles. The zero-order valence-electron chi connectivity index (χ0n) is 27.2. The molecule has 0 aromatic rings. The van der Waals surface area contributed by atoms with Gasteiger partial charge >= 0.3 is 0 Å². The Morgan fingerprint density at radius 3 is 2.42 bits per heavy atom. The smallest absolute Gasteiger partial charge is 0.232 e. The monoisotopic (exact) mass is 595 g/mol. The Balaban J connectivity index is 0.888. The van der Waals surface area contributed by atoms with Gasteiger partial charge in [-0.15, -0.1) is 0 Å². The van der Waals surface area contributed by atoms with E-state index >= 15 is 0 Å². The van der Waals surface area contributed by atoms with Crippen molar-refractivity contribution >= 4 is 11.8 Å². The van der Waals surface area contributed by atoms with Crippen LogP contribution < -0.4 is 10.6 Å². The van der Waals surface area contributed by atoms with Gasteiger partial charge < -0.3 is 25.0 Å². The summed E-state index contributed by atoms with van der Waals surface area (Å²) in [6.45, 7) is 14.5. The first-order chi connectivity index (χ1) is 20.6. The topological polar surface area (TPSA) is 79.9 Å². The fourth-order valence-corrected chi connectivity index (χ4v) is 13.0. The first-order valence-electron chi connectivity index (χ1n) is 18.2. The number of fused-ring (bicyclic) bond motifs is 8. The normalized spacial score (nSPS) is 53.6. The van der Waals surface area contributed by atoms with E-state index in [-0.39, 0.29) is 30.1 Å². The molecule has 0 radical (unpaired) electrons. The van der Waals surface area contributed by atoms with Crippen LogP contribution in [0.5, 0.6) is 0 Å². The van der Waals surface area contributed by atoms with Crippen molar-refractivity contribution in [2.75, 3.05) is 32.8 Å². The van der Waals surface area contributed by atoms with Crippen molar-refractivity contribution in [3.05, 3.63) is 0 Å². The summed E-state index contributed by atoms with van der Waals surface area (Å²) in [4.78, 5) is 27.9. The molecule has 4 aliphatic carbocycles. The molecular formula is C36H57N3O4. The second-order valence-corrected chi connectivity index (χ2v) is 17.4. The van der Waals surface area contributed by atoms with E-state index in [1.807, 2.05) is 4.90 Å². The zero-order valence-corrected chi connectivity index (χ0v) is 27.2. The van der Waals surface area contributed by atoms with Crippen LogP contribution in [0.15, 0.2) is 0 Å². The van der Waals surface area contributed by atoms with Crippen LogP contribution in [0, 0.1) is 64.1 Å². The Labute approximate surface area is 259 Å². The zero-order chi connectivity index (χ0) is 29.7. The summed E-state index contributed by atoms with van der Waals surface area (Å²) in [5.74, 6) is 5.59. The minimum absolute atomic E-state index is 0.0183. The highest BCUT2D eigenvalue weighted by Gasteiger charge is 2.69. The Morgan fingerprint density at radius 2 is 1.67 bits per heavy atom. The molecule has 2 amide bonds. The van der Waals surface area contributed by atoms with E-state index in [4.69, 9.17) is 9.47 Å².